The molecule has 346 valence electrons. The average molecular weight is 883 g/mol. The maximum absolute atomic E-state index is 13.8. The fraction of sp³-hybridized carbons (Fsp3) is 0.692. The van der Waals surface area contributed by atoms with E-state index in [1.807, 2.05) is 21.6 Å². The van der Waals surface area contributed by atoms with Crippen molar-refractivity contribution in [3.8, 4) is 12.3 Å². The second-order valence-electron chi connectivity index (χ2n) is 15.3. The van der Waals surface area contributed by atoms with Crippen LogP contribution in [0.25, 0.3) is 0 Å². The molecule has 3 aromatic rings. The molecule has 3 aromatic heterocycles. The lowest BCUT2D eigenvalue weighted by Crippen LogP contribution is -2.78. The Hall–Kier alpha value is -5.74. The van der Waals surface area contributed by atoms with E-state index in [1.165, 1.54) is 4.68 Å². The number of rotatable bonds is 26. The Balaban J connectivity index is 1.19. The van der Waals surface area contributed by atoms with E-state index in [9.17, 15) is 14.7 Å². The number of nitrogens with one attached hydrogen (secondary N) is 2. The quantitative estimate of drug-likeness (QED) is 0.0191. The van der Waals surface area contributed by atoms with Crippen LogP contribution in [0.1, 0.15) is 56.6 Å². The first-order chi connectivity index (χ1) is 30.6. The molecule has 5 heterocycles. The van der Waals surface area contributed by atoms with Crippen molar-refractivity contribution in [3.05, 3.63) is 23.8 Å². The average Bonchev–Trinajstić information content (AvgIpc) is 3.96. The van der Waals surface area contributed by atoms with Crippen molar-refractivity contribution in [3.63, 3.8) is 0 Å². The Kier molecular flexibility index (Phi) is 19.5. The zero-order valence-electron chi connectivity index (χ0n) is 36.7. The normalized spacial score (nSPS) is 15.8. The van der Waals surface area contributed by atoms with Gasteiger partial charge in [0.15, 0.2) is 6.04 Å². The summed E-state index contributed by atoms with van der Waals surface area (Å²) in [4.78, 5) is 52.4. The van der Waals surface area contributed by atoms with Crippen LogP contribution in [0, 0.1) is 12.3 Å². The molecule has 2 aliphatic heterocycles. The highest BCUT2D eigenvalue weighted by atomic mass is 16.5. The highest BCUT2D eigenvalue weighted by molar-refractivity contribution is 5.81. The summed E-state index contributed by atoms with van der Waals surface area (Å²) in [5.74, 6) is 3.61. The standard InChI is InChI=1S/C39H64N18O6/c1-4-21-61-23-25-63-26-24-62-22-12-44-37-45-38(54-17-13-52(14-18-54)34(59)29(2)56-27-32(48-50-56)9-7-11-43-36(41)42)47-39(46-37)55-19-15-53(16-20-55)35(60)33(30(3)58)57-28-31(49-51-57)8-5-6-10-40/h1,27-30,33,58H,5-26,40H2,2-3H3,(H4,41,42,43)(H,44,45,46,47)/p+2/t29-,30+,33-/m0/s1. The number of carbonyl (C=O) groups excluding carboxylic acids is 2. The molecule has 0 saturated carbocycles. The molecule has 0 spiro atoms. The summed E-state index contributed by atoms with van der Waals surface area (Å²) >= 11 is 0. The van der Waals surface area contributed by atoms with E-state index >= 15 is 0 Å². The molecule has 2 saturated heterocycles. The van der Waals surface area contributed by atoms with Gasteiger partial charge in [-0.1, -0.05) is 16.3 Å². The highest BCUT2D eigenvalue weighted by Gasteiger charge is 2.34. The molecular formula is C39H66N18O6+2. The van der Waals surface area contributed by atoms with Gasteiger partial charge in [-0.2, -0.15) is 15.0 Å². The third-order valence-electron chi connectivity index (χ3n) is 10.6. The minimum Gasteiger partial charge on any atom is -0.391 e. The van der Waals surface area contributed by atoms with E-state index in [0.29, 0.717) is 123 Å². The zero-order valence-corrected chi connectivity index (χ0v) is 36.7. The molecule has 5 rings (SSSR count). The molecule has 2 amide bonds. The van der Waals surface area contributed by atoms with Crippen LogP contribution in [0.5, 0.6) is 0 Å². The Labute approximate surface area is 367 Å². The van der Waals surface area contributed by atoms with Crippen molar-refractivity contribution in [1.29, 1.82) is 0 Å². The number of hydrogen-bond acceptors (Lipinski definition) is 16. The molecule has 0 aliphatic carbocycles. The Morgan fingerprint density at radius 2 is 1.37 bits per heavy atom. The van der Waals surface area contributed by atoms with Crippen molar-refractivity contribution < 1.29 is 39.6 Å². The van der Waals surface area contributed by atoms with Crippen LogP contribution in [0.15, 0.2) is 12.4 Å². The Bertz CT molecular complexity index is 1920. The Morgan fingerprint density at radius 3 is 1.95 bits per heavy atom. The second-order valence-corrected chi connectivity index (χ2v) is 15.3. The molecule has 0 bridgehead atoms. The second kappa shape index (κ2) is 25.4. The molecule has 24 heteroatoms. The lowest BCUT2D eigenvalue weighted by Gasteiger charge is -2.38. The molecule has 2 aliphatic rings. The van der Waals surface area contributed by atoms with Crippen LogP contribution in [0.2, 0.25) is 0 Å². The van der Waals surface area contributed by atoms with Crippen molar-refractivity contribution in [1.82, 2.24) is 54.7 Å². The summed E-state index contributed by atoms with van der Waals surface area (Å²) in [5.41, 5.74) is 16.4. The number of anilines is 3. The predicted octanol–water partition coefficient (Wildman–Crippen LogP) is -4.82. The van der Waals surface area contributed by atoms with Gasteiger partial charge in [0, 0.05) is 71.3 Å². The molecule has 0 radical (unpaired) electrons. The number of quaternary nitrogens is 1. The van der Waals surface area contributed by atoms with Crippen molar-refractivity contribution in [2.45, 2.75) is 64.1 Å². The number of aliphatic hydroxyl groups is 1. The monoisotopic (exact) mass is 883 g/mol. The maximum Gasteiger partial charge on any atom is 0.338 e. The van der Waals surface area contributed by atoms with E-state index in [4.69, 9.17) is 47.1 Å². The fourth-order valence-electron chi connectivity index (χ4n) is 7.05. The first kappa shape index (κ1) is 48.3. The SMILES string of the molecule is C#CCOCCOCCOCCNc1nc(N2CCN(C(=O)[C@H]([C@@H](C)O)n3cc(CCCC[NH3+])nn3)CC2)nc(N2CCN(C(=O)[C@H](C)n3cc(CCC[NH+]=C(N)N)nn3)CC2)n1. The Morgan fingerprint density at radius 1 is 0.810 bits per heavy atom. The van der Waals surface area contributed by atoms with Crippen LogP contribution in [0.4, 0.5) is 17.8 Å². The number of aliphatic hydroxyl groups excluding tert-OH is 1. The molecule has 10 N–H and O–H groups in total. The van der Waals surface area contributed by atoms with E-state index in [0.717, 1.165) is 43.6 Å². The van der Waals surface area contributed by atoms with Gasteiger partial charge in [0.2, 0.25) is 29.7 Å². The minimum absolute atomic E-state index is 0.0566. The lowest BCUT2D eigenvalue weighted by atomic mass is 10.1. The van der Waals surface area contributed by atoms with Gasteiger partial charge in [-0.25, -0.2) is 9.36 Å². The van der Waals surface area contributed by atoms with Crippen LogP contribution in [-0.4, -0.2) is 195 Å². The summed E-state index contributed by atoms with van der Waals surface area (Å²) in [6.07, 6.45) is 11.8. The zero-order chi connectivity index (χ0) is 45.0. The number of nitrogens with zero attached hydrogens (tertiary/aromatic N) is 13. The van der Waals surface area contributed by atoms with Crippen molar-refractivity contribution in [2.75, 3.05) is 127 Å². The number of ether oxygens (including phenoxy) is 3. The lowest BCUT2D eigenvalue weighted by molar-refractivity contribution is -0.459. The van der Waals surface area contributed by atoms with Crippen LogP contribution in [-0.2, 0) is 36.6 Å². The molecule has 0 unspecified atom stereocenters. The van der Waals surface area contributed by atoms with E-state index < -0.39 is 18.2 Å². The van der Waals surface area contributed by atoms with Crippen LogP contribution in [0.3, 0.4) is 0 Å². The van der Waals surface area contributed by atoms with E-state index in [2.05, 4.69) is 42.6 Å². The summed E-state index contributed by atoms with van der Waals surface area (Å²) in [6.45, 7) is 11.2. The number of piperazine rings is 2. The van der Waals surface area contributed by atoms with Gasteiger partial charge in [0.1, 0.15) is 12.6 Å². The number of hydrogen-bond donors (Lipinski definition) is 6. The molecular weight excluding hydrogens is 817 g/mol. The minimum atomic E-state index is -0.978. The number of aryl methyl sites for hydroxylation is 2. The van der Waals surface area contributed by atoms with Gasteiger partial charge in [0.25, 0.3) is 0 Å². The van der Waals surface area contributed by atoms with Crippen LogP contribution >= 0.6 is 0 Å². The largest absolute Gasteiger partial charge is 0.391 e. The molecule has 63 heavy (non-hydrogen) atoms. The number of nitrogens with two attached hydrogens (primary N) is 2. The van der Waals surface area contributed by atoms with E-state index in [1.54, 1.807) is 28.9 Å². The number of carbonyl (C=O) groups is 2. The highest BCUT2D eigenvalue weighted by Crippen LogP contribution is 2.23. The van der Waals surface area contributed by atoms with E-state index in [-0.39, 0.29) is 24.4 Å². The smallest absolute Gasteiger partial charge is 0.338 e. The third-order valence-corrected chi connectivity index (χ3v) is 10.6. The number of guanidine groups is 1. The molecule has 2 fully saturated rings. The topological polar surface area (TPSA) is 301 Å². The maximum atomic E-state index is 13.8. The first-order valence-electron chi connectivity index (χ1n) is 21.7. The third kappa shape index (κ3) is 14.9. The summed E-state index contributed by atoms with van der Waals surface area (Å²) in [5, 5.41) is 30.9. The fourth-order valence-corrected chi connectivity index (χ4v) is 7.05. The number of unbranched alkanes of at least 4 members (excludes halogenated alkanes) is 1. The summed E-state index contributed by atoms with van der Waals surface area (Å²) < 4.78 is 19.5. The van der Waals surface area contributed by atoms with Gasteiger partial charge in [-0.05, 0) is 46.0 Å². The summed E-state index contributed by atoms with van der Waals surface area (Å²) in [7, 11) is 0. The van der Waals surface area contributed by atoms with Gasteiger partial charge in [0.05, 0.1) is 63.6 Å². The molecule has 3 atom stereocenters. The van der Waals surface area contributed by atoms with Gasteiger partial charge in [-0.3, -0.25) is 26.0 Å². The summed E-state index contributed by atoms with van der Waals surface area (Å²) in [6, 6.07) is -1.43. The van der Waals surface area contributed by atoms with Gasteiger partial charge >= 0.3 is 5.96 Å². The number of amides is 2. The number of aromatic nitrogens is 9. The molecule has 0 aromatic carbocycles. The van der Waals surface area contributed by atoms with Crippen LogP contribution < -0.4 is 37.3 Å². The van der Waals surface area contributed by atoms with Gasteiger partial charge in [-0.15, -0.1) is 16.6 Å². The molecule has 24 nitrogen and oxygen atoms in total. The van der Waals surface area contributed by atoms with Gasteiger partial charge < -0.3 is 50.0 Å². The number of terminal acetylenes is 1. The first-order valence-corrected chi connectivity index (χ1v) is 21.7. The van der Waals surface area contributed by atoms with Crippen molar-refractivity contribution in [2.24, 2.45) is 11.5 Å². The van der Waals surface area contributed by atoms with Crippen molar-refractivity contribution >= 4 is 35.6 Å². The predicted molar refractivity (Wildman–Crippen MR) is 231 cm³/mol.